The number of ketones is 1. The van der Waals surface area contributed by atoms with Gasteiger partial charge < -0.3 is 10.2 Å². The molecule has 1 aliphatic heterocycles. The Bertz CT molecular complexity index is 651. The Morgan fingerprint density at radius 2 is 1.48 bits per heavy atom. The van der Waals surface area contributed by atoms with Crippen LogP contribution in [0.3, 0.4) is 0 Å². The van der Waals surface area contributed by atoms with Gasteiger partial charge in [-0.15, -0.1) is 0 Å². The quantitative estimate of drug-likeness (QED) is 0.850. The minimum Gasteiger partial charge on any atom is -0.393 e. The molecule has 2 aromatic rings. The molecule has 1 unspecified atom stereocenters. The number of nitrogens with zero attached hydrogens (tertiary/aromatic N) is 1. The van der Waals surface area contributed by atoms with E-state index in [2.05, 4.69) is 0 Å². The maximum Gasteiger partial charge on any atom is 0.214 e. The predicted molar refractivity (Wildman–Crippen MR) is 87.9 cm³/mol. The van der Waals surface area contributed by atoms with Crippen molar-refractivity contribution in [1.82, 2.24) is 4.90 Å². The topological polar surface area (TPSA) is 60.8 Å². The fourth-order valence-electron chi connectivity index (χ4n) is 3.11. The number of Topliss-reactive ketones (excluding diaryl/α,β-unsaturated/α-hetero) is 1. The SMILES string of the molecule is O=C(c1ccccc1)C(O)(c1ccccc1)N1CCC(O)CC1. The van der Waals surface area contributed by atoms with Crippen molar-refractivity contribution in [3.63, 3.8) is 0 Å². The lowest BCUT2D eigenvalue weighted by Crippen LogP contribution is -2.55. The number of piperidine rings is 1. The van der Waals surface area contributed by atoms with Crippen molar-refractivity contribution in [1.29, 1.82) is 0 Å². The highest BCUT2D eigenvalue weighted by atomic mass is 16.3. The Morgan fingerprint density at radius 3 is 2.04 bits per heavy atom. The van der Waals surface area contributed by atoms with Gasteiger partial charge in [0.05, 0.1) is 6.10 Å². The van der Waals surface area contributed by atoms with Crippen LogP contribution in [0.1, 0.15) is 28.8 Å². The molecule has 0 saturated carbocycles. The number of hydrogen-bond donors (Lipinski definition) is 2. The molecule has 0 aliphatic carbocycles. The number of aliphatic hydroxyl groups excluding tert-OH is 1. The van der Waals surface area contributed by atoms with Crippen molar-refractivity contribution in [2.45, 2.75) is 24.7 Å². The van der Waals surface area contributed by atoms with E-state index in [4.69, 9.17) is 0 Å². The second-order valence-electron chi connectivity index (χ2n) is 5.95. The summed E-state index contributed by atoms with van der Waals surface area (Å²) >= 11 is 0. The average molecular weight is 311 g/mol. The first-order valence-electron chi connectivity index (χ1n) is 7.93. The van der Waals surface area contributed by atoms with Crippen LogP contribution in [-0.2, 0) is 5.72 Å². The molecule has 23 heavy (non-hydrogen) atoms. The minimum absolute atomic E-state index is 0.333. The molecule has 0 amide bonds. The number of likely N-dealkylation sites (tertiary alicyclic amines) is 1. The molecule has 3 rings (SSSR count). The van der Waals surface area contributed by atoms with Gasteiger partial charge in [0.2, 0.25) is 11.5 Å². The first-order chi connectivity index (χ1) is 11.1. The van der Waals surface area contributed by atoms with E-state index in [1.54, 1.807) is 41.3 Å². The molecule has 0 radical (unpaired) electrons. The average Bonchev–Trinajstić information content (AvgIpc) is 2.62. The third kappa shape index (κ3) is 3.06. The van der Waals surface area contributed by atoms with Crippen LogP contribution >= 0.6 is 0 Å². The first kappa shape index (κ1) is 15.9. The minimum atomic E-state index is -1.71. The summed E-state index contributed by atoms with van der Waals surface area (Å²) in [4.78, 5) is 14.9. The summed E-state index contributed by atoms with van der Waals surface area (Å²) < 4.78 is 0. The predicted octanol–water partition coefficient (Wildman–Crippen LogP) is 2.17. The van der Waals surface area contributed by atoms with Crippen LogP contribution in [0.2, 0.25) is 0 Å². The molecule has 1 heterocycles. The summed E-state index contributed by atoms with van der Waals surface area (Å²) in [6, 6.07) is 17.9. The first-order valence-corrected chi connectivity index (χ1v) is 7.93. The van der Waals surface area contributed by atoms with Crippen LogP contribution in [0.5, 0.6) is 0 Å². The summed E-state index contributed by atoms with van der Waals surface area (Å²) in [6.07, 6.45) is 0.743. The molecule has 1 fully saturated rings. The smallest absolute Gasteiger partial charge is 0.214 e. The highest BCUT2D eigenvalue weighted by Crippen LogP contribution is 2.32. The second-order valence-corrected chi connectivity index (χ2v) is 5.95. The van der Waals surface area contributed by atoms with Crippen LogP contribution in [0.25, 0.3) is 0 Å². The van der Waals surface area contributed by atoms with Crippen LogP contribution < -0.4 is 0 Å². The van der Waals surface area contributed by atoms with E-state index in [-0.39, 0.29) is 11.9 Å². The fourth-order valence-corrected chi connectivity index (χ4v) is 3.11. The van der Waals surface area contributed by atoms with Gasteiger partial charge in [-0.3, -0.25) is 9.69 Å². The van der Waals surface area contributed by atoms with Gasteiger partial charge in [0.25, 0.3) is 0 Å². The Morgan fingerprint density at radius 1 is 0.957 bits per heavy atom. The normalized spacial score (nSPS) is 19.2. The molecular weight excluding hydrogens is 290 g/mol. The lowest BCUT2D eigenvalue weighted by Gasteiger charge is -2.42. The van der Waals surface area contributed by atoms with Crippen LogP contribution in [-0.4, -0.2) is 40.1 Å². The maximum atomic E-state index is 13.1. The molecule has 2 aromatic carbocycles. The Balaban J connectivity index is 2.02. The van der Waals surface area contributed by atoms with Gasteiger partial charge in [0, 0.05) is 24.2 Å². The largest absolute Gasteiger partial charge is 0.393 e. The molecule has 1 saturated heterocycles. The monoisotopic (exact) mass is 311 g/mol. The molecule has 4 heteroatoms. The van der Waals surface area contributed by atoms with Gasteiger partial charge >= 0.3 is 0 Å². The van der Waals surface area contributed by atoms with Crippen molar-refractivity contribution in [3.8, 4) is 0 Å². The van der Waals surface area contributed by atoms with E-state index in [1.807, 2.05) is 24.3 Å². The highest BCUT2D eigenvalue weighted by Gasteiger charge is 2.45. The van der Waals surface area contributed by atoms with Gasteiger partial charge in [0.15, 0.2) is 0 Å². The van der Waals surface area contributed by atoms with E-state index in [9.17, 15) is 15.0 Å². The Hall–Kier alpha value is -2.01. The summed E-state index contributed by atoms with van der Waals surface area (Å²) in [5.41, 5.74) is -0.668. The van der Waals surface area contributed by atoms with Crippen molar-refractivity contribution < 1.29 is 15.0 Å². The van der Waals surface area contributed by atoms with Gasteiger partial charge in [0.1, 0.15) is 0 Å². The van der Waals surface area contributed by atoms with Crippen molar-refractivity contribution >= 4 is 5.78 Å². The van der Waals surface area contributed by atoms with Crippen molar-refractivity contribution in [3.05, 3.63) is 71.8 Å². The van der Waals surface area contributed by atoms with Crippen LogP contribution in [0, 0.1) is 0 Å². The zero-order chi connectivity index (χ0) is 16.3. The third-order valence-electron chi connectivity index (χ3n) is 4.45. The molecule has 4 nitrogen and oxygen atoms in total. The molecule has 0 spiro atoms. The van der Waals surface area contributed by atoms with Crippen molar-refractivity contribution in [2.75, 3.05) is 13.1 Å². The molecular formula is C19H21NO3. The summed E-state index contributed by atoms with van der Waals surface area (Å²) in [5, 5.41) is 21.1. The second kappa shape index (κ2) is 6.62. The Kier molecular flexibility index (Phi) is 4.57. The molecule has 1 atom stereocenters. The third-order valence-corrected chi connectivity index (χ3v) is 4.45. The molecule has 0 aromatic heterocycles. The molecule has 120 valence electrons. The summed E-state index contributed by atoms with van der Waals surface area (Å²) in [6.45, 7) is 0.955. The summed E-state index contributed by atoms with van der Waals surface area (Å²) in [7, 11) is 0. The Labute approximate surface area is 136 Å². The van der Waals surface area contributed by atoms with E-state index >= 15 is 0 Å². The van der Waals surface area contributed by atoms with E-state index < -0.39 is 5.72 Å². The van der Waals surface area contributed by atoms with E-state index in [1.165, 1.54) is 0 Å². The zero-order valence-corrected chi connectivity index (χ0v) is 12.9. The van der Waals surface area contributed by atoms with Gasteiger partial charge in [-0.25, -0.2) is 0 Å². The summed E-state index contributed by atoms with van der Waals surface area (Å²) in [5.74, 6) is -0.333. The number of benzene rings is 2. The van der Waals surface area contributed by atoms with Gasteiger partial charge in [-0.2, -0.15) is 0 Å². The van der Waals surface area contributed by atoms with Gasteiger partial charge in [-0.1, -0.05) is 60.7 Å². The fraction of sp³-hybridized carbons (Fsp3) is 0.316. The molecule has 1 aliphatic rings. The number of aliphatic hydroxyl groups is 2. The van der Waals surface area contributed by atoms with E-state index in [0.29, 0.717) is 37.1 Å². The van der Waals surface area contributed by atoms with Crippen LogP contribution in [0.4, 0.5) is 0 Å². The highest BCUT2D eigenvalue weighted by molar-refractivity contribution is 6.02. The molecule has 2 N–H and O–H groups in total. The lowest BCUT2D eigenvalue weighted by atomic mass is 9.90. The van der Waals surface area contributed by atoms with Crippen molar-refractivity contribution in [2.24, 2.45) is 0 Å². The van der Waals surface area contributed by atoms with Crippen LogP contribution in [0.15, 0.2) is 60.7 Å². The van der Waals surface area contributed by atoms with E-state index in [0.717, 1.165) is 0 Å². The lowest BCUT2D eigenvalue weighted by molar-refractivity contribution is -0.102. The number of rotatable bonds is 4. The molecule has 0 bridgehead atoms. The number of carbonyl (C=O) groups excluding carboxylic acids is 1. The van der Waals surface area contributed by atoms with Gasteiger partial charge in [-0.05, 0) is 12.8 Å². The maximum absolute atomic E-state index is 13.1. The zero-order valence-electron chi connectivity index (χ0n) is 12.9. The number of carbonyl (C=O) groups is 1. The standard InChI is InChI=1S/C19H21NO3/c21-17-11-13-20(14-12-17)19(23,16-9-5-2-6-10-16)18(22)15-7-3-1-4-8-15/h1-10,17,21,23H,11-14H2. The number of hydrogen-bond acceptors (Lipinski definition) is 4.